The summed E-state index contributed by atoms with van der Waals surface area (Å²) < 4.78 is 5.82. The fraction of sp³-hybridized carbons (Fsp3) is 0.966. The predicted octanol–water partition coefficient (Wildman–Crippen LogP) is 2.55. The normalized spacial score (nSPS) is 45.4. The third-order valence-corrected chi connectivity index (χ3v) is 10.1. The predicted molar refractivity (Wildman–Crippen MR) is 145 cm³/mol. The molecule has 3 saturated carbocycles. The second-order valence-electron chi connectivity index (χ2n) is 13.1. The van der Waals surface area contributed by atoms with Crippen LogP contribution in [0.1, 0.15) is 85.5 Å². The molecule has 11 unspecified atom stereocenters. The zero-order chi connectivity index (χ0) is 26.5. The zero-order valence-corrected chi connectivity index (χ0v) is 23.6. The molecule has 8 nitrogen and oxygen atoms in total. The molecule has 0 radical (unpaired) electrons. The fourth-order valence-corrected chi connectivity index (χ4v) is 7.95. The van der Waals surface area contributed by atoms with Crippen LogP contribution in [0.5, 0.6) is 0 Å². The summed E-state index contributed by atoms with van der Waals surface area (Å²) >= 11 is 0. The molecule has 8 heteroatoms. The van der Waals surface area contributed by atoms with Crippen LogP contribution in [0.15, 0.2) is 0 Å². The van der Waals surface area contributed by atoms with Gasteiger partial charge in [0.2, 0.25) is 5.91 Å². The van der Waals surface area contributed by atoms with Gasteiger partial charge in [-0.15, -0.1) is 0 Å². The van der Waals surface area contributed by atoms with Gasteiger partial charge in [-0.1, -0.05) is 40.5 Å². The molecule has 4 fully saturated rings. The first-order valence-electron chi connectivity index (χ1n) is 15.2. The van der Waals surface area contributed by atoms with Gasteiger partial charge >= 0.3 is 0 Å². The molecule has 1 aliphatic heterocycles. The number of carbonyl (C=O) groups is 1. The van der Waals surface area contributed by atoms with Crippen LogP contribution < -0.4 is 21.3 Å². The maximum atomic E-state index is 11.9. The number of hydrogen-bond donors (Lipinski definition) is 6. The summed E-state index contributed by atoms with van der Waals surface area (Å²) in [4.78, 5) is 11.9. The second-order valence-corrected chi connectivity index (χ2v) is 13.1. The molecule has 6 N–H and O–H groups in total. The van der Waals surface area contributed by atoms with Gasteiger partial charge in [-0.05, 0) is 80.5 Å². The molecule has 4 rings (SSSR count). The van der Waals surface area contributed by atoms with E-state index in [0.717, 1.165) is 24.7 Å². The van der Waals surface area contributed by atoms with Gasteiger partial charge in [0.25, 0.3) is 0 Å². The van der Waals surface area contributed by atoms with Crippen LogP contribution in [0.2, 0.25) is 0 Å². The number of aliphatic hydroxyl groups is 2. The Morgan fingerprint density at radius 1 is 0.784 bits per heavy atom. The molecule has 0 aromatic rings. The Balaban J connectivity index is 1.40. The van der Waals surface area contributed by atoms with Crippen molar-refractivity contribution in [1.29, 1.82) is 0 Å². The van der Waals surface area contributed by atoms with Crippen molar-refractivity contribution >= 4 is 5.91 Å². The van der Waals surface area contributed by atoms with Crippen molar-refractivity contribution in [2.75, 3.05) is 19.8 Å². The van der Waals surface area contributed by atoms with Crippen LogP contribution in [0, 0.1) is 41.4 Å². The first kappa shape index (κ1) is 29.2. The van der Waals surface area contributed by atoms with Gasteiger partial charge in [-0.2, -0.15) is 0 Å². The lowest BCUT2D eigenvalue weighted by Crippen LogP contribution is -2.74. The maximum absolute atomic E-state index is 11.9. The van der Waals surface area contributed by atoms with Crippen LogP contribution in [-0.2, 0) is 9.53 Å². The summed E-state index contributed by atoms with van der Waals surface area (Å²) in [5.41, 5.74) is 0. The Morgan fingerprint density at radius 3 is 1.78 bits per heavy atom. The van der Waals surface area contributed by atoms with E-state index in [1.165, 1.54) is 38.5 Å². The maximum Gasteiger partial charge on any atom is 0.246 e. The number of aliphatic hydroxyl groups excluding tert-OH is 2. The minimum absolute atomic E-state index is 0.0218. The van der Waals surface area contributed by atoms with Crippen LogP contribution in [0.25, 0.3) is 0 Å². The van der Waals surface area contributed by atoms with Gasteiger partial charge < -0.3 is 20.3 Å². The molecule has 0 bridgehead atoms. The van der Waals surface area contributed by atoms with E-state index in [1.54, 1.807) is 0 Å². The molecular formula is C29H54N4O4. The molecular weight excluding hydrogens is 468 g/mol. The lowest BCUT2D eigenvalue weighted by Gasteiger charge is -2.52. The average Bonchev–Trinajstić information content (AvgIpc) is 2.86. The van der Waals surface area contributed by atoms with Crippen LogP contribution in [-0.4, -0.2) is 66.6 Å². The monoisotopic (exact) mass is 522 g/mol. The fourth-order valence-electron chi connectivity index (χ4n) is 7.95. The van der Waals surface area contributed by atoms with E-state index in [2.05, 4.69) is 49.0 Å². The minimum atomic E-state index is -0.476. The van der Waals surface area contributed by atoms with Gasteiger partial charge in [-0.25, -0.2) is 0 Å². The highest BCUT2D eigenvalue weighted by molar-refractivity contribution is 5.77. The molecule has 11 atom stereocenters. The summed E-state index contributed by atoms with van der Waals surface area (Å²) in [5.74, 6) is 4.09. The summed E-state index contributed by atoms with van der Waals surface area (Å²) in [6.45, 7) is 9.77. The van der Waals surface area contributed by atoms with Gasteiger partial charge in [0.15, 0.2) is 0 Å². The van der Waals surface area contributed by atoms with Crippen molar-refractivity contribution in [3.05, 3.63) is 0 Å². The molecule has 1 amide bonds. The number of nitrogens with one attached hydrogen (secondary N) is 4. The number of ether oxygens (including phenoxy) is 1. The van der Waals surface area contributed by atoms with Gasteiger partial charge in [0, 0.05) is 12.5 Å². The van der Waals surface area contributed by atoms with Crippen molar-refractivity contribution in [2.24, 2.45) is 41.4 Å². The van der Waals surface area contributed by atoms with E-state index >= 15 is 0 Å². The number of hydrogen-bond acceptors (Lipinski definition) is 7. The largest absolute Gasteiger partial charge is 0.395 e. The van der Waals surface area contributed by atoms with Crippen molar-refractivity contribution < 1.29 is 19.7 Å². The SMILES string of the molecule is CC1CCC(C2NC(C3CCC(C)CC3C)NC(C3CCC(OCC(=O)NCCO)CC3O)N2)C(C)C1. The summed E-state index contributed by atoms with van der Waals surface area (Å²) in [5, 5.41) is 34.7. The first-order chi connectivity index (χ1) is 17.7. The Morgan fingerprint density at radius 2 is 1.30 bits per heavy atom. The Bertz CT molecular complexity index is 692. The van der Waals surface area contributed by atoms with E-state index in [4.69, 9.17) is 9.84 Å². The summed E-state index contributed by atoms with van der Waals surface area (Å²) in [6, 6.07) is 0. The average molecular weight is 523 g/mol. The summed E-state index contributed by atoms with van der Waals surface area (Å²) in [7, 11) is 0. The van der Waals surface area contributed by atoms with E-state index in [9.17, 15) is 9.90 Å². The van der Waals surface area contributed by atoms with Crippen LogP contribution in [0.3, 0.4) is 0 Å². The lowest BCUT2D eigenvalue weighted by molar-refractivity contribution is -0.131. The highest BCUT2D eigenvalue weighted by Gasteiger charge is 2.45. The van der Waals surface area contributed by atoms with E-state index in [-0.39, 0.29) is 56.2 Å². The topological polar surface area (TPSA) is 115 Å². The molecule has 37 heavy (non-hydrogen) atoms. The van der Waals surface area contributed by atoms with Gasteiger partial charge in [0.1, 0.15) is 6.61 Å². The van der Waals surface area contributed by atoms with Crippen LogP contribution >= 0.6 is 0 Å². The molecule has 4 aliphatic rings. The molecule has 0 aromatic carbocycles. The van der Waals surface area contributed by atoms with E-state index in [0.29, 0.717) is 30.1 Å². The zero-order valence-electron chi connectivity index (χ0n) is 23.6. The van der Waals surface area contributed by atoms with Crippen LogP contribution in [0.4, 0.5) is 0 Å². The highest BCUT2D eigenvalue weighted by atomic mass is 16.5. The molecule has 0 aromatic heterocycles. The molecule has 1 saturated heterocycles. The van der Waals surface area contributed by atoms with E-state index < -0.39 is 6.10 Å². The standard InChI is InChI=1S/C29H54N4O4/c1-17-5-8-22(19(3)13-17)27-31-28(23-9-6-18(2)14-20(23)4)33-29(32-27)24-10-7-21(15-25(24)35)37-16-26(36)30-11-12-34/h17-25,27-29,31-35H,5-16H2,1-4H3,(H,30,36). The Kier molecular flexibility index (Phi) is 10.7. The molecule has 214 valence electrons. The third-order valence-electron chi connectivity index (χ3n) is 10.1. The lowest BCUT2D eigenvalue weighted by atomic mass is 9.71. The molecule has 0 spiro atoms. The molecule has 1 heterocycles. The van der Waals surface area contributed by atoms with Crippen molar-refractivity contribution in [2.45, 2.75) is 116 Å². The summed E-state index contributed by atoms with van der Waals surface area (Å²) in [6.07, 6.45) is 9.96. The number of rotatable bonds is 8. The quantitative estimate of drug-likeness (QED) is 0.290. The van der Waals surface area contributed by atoms with Gasteiger partial charge in [0.05, 0.1) is 37.3 Å². The number of amides is 1. The second kappa shape index (κ2) is 13.5. The van der Waals surface area contributed by atoms with Crippen molar-refractivity contribution in [1.82, 2.24) is 21.3 Å². The smallest absolute Gasteiger partial charge is 0.246 e. The Labute approximate surface area is 224 Å². The molecule has 3 aliphatic carbocycles. The van der Waals surface area contributed by atoms with Crippen molar-refractivity contribution in [3.63, 3.8) is 0 Å². The van der Waals surface area contributed by atoms with Gasteiger partial charge in [-0.3, -0.25) is 20.7 Å². The Hall–Kier alpha value is -0.770. The first-order valence-corrected chi connectivity index (χ1v) is 15.2. The minimum Gasteiger partial charge on any atom is -0.395 e. The van der Waals surface area contributed by atoms with Crippen molar-refractivity contribution in [3.8, 4) is 0 Å². The number of carbonyl (C=O) groups excluding carboxylic acids is 1. The highest BCUT2D eigenvalue weighted by Crippen LogP contribution is 2.40. The third kappa shape index (κ3) is 7.67. The van der Waals surface area contributed by atoms with E-state index in [1.807, 2.05) is 0 Å².